The van der Waals surface area contributed by atoms with Gasteiger partial charge in [-0.15, -0.1) is 5.10 Å². The highest BCUT2D eigenvalue weighted by Crippen LogP contribution is 2.28. The van der Waals surface area contributed by atoms with Crippen LogP contribution in [0.4, 0.5) is 5.69 Å². The molecular weight excluding hydrogens is 368 g/mol. The van der Waals surface area contributed by atoms with Crippen LogP contribution in [0.15, 0.2) is 18.2 Å². The average Bonchev–Trinajstić information content (AvgIpc) is 3.09. The molecule has 3 rings (SSSR count). The third-order valence-corrected chi connectivity index (χ3v) is 5.41. The highest BCUT2D eigenvalue weighted by atomic mass is 32.2. The topological polar surface area (TPSA) is 103 Å². The van der Waals surface area contributed by atoms with E-state index in [0.717, 1.165) is 16.1 Å². The van der Waals surface area contributed by atoms with Gasteiger partial charge in [0, 0.05) is 18.7 Å². The maximum absolute atomic E-state index is 13.1. The standard InChI is InChI=1S/C17H22N6O3S/c1-10(2)22-15-8-7-13(9-14(15)18-20-22)17(24)23(27(6,25)26)16-11(3)19-21(5)12(16)4/h7-10H,1-6H3. The minimum Gasteiger partial charge on any atom is -0.270 e. The van der Waals surface area contributed by atoms with Crippen molar-refractivity contribution in [2.45, 2.75) is 33.7 Å². The van der Waals surface area contributed by atoms with Crippen molar-refractivity contribution < 1.29 is 13.2 Å². The Bertz CT molecular complexity index is 1140. The summed E-state index contributed by atoms with van der Waals surface area (Å²) in [5.41, 5.74) is 2.84. The predicted octanol–water partition coefficient (Wildman–Crippen LogP) is 1.97. The van der Waals surface area contributed by atoms with Crippen molar-refractivity contribution in [3.63, 3.8) is 0 Å². The highest BCUT2D eigenvalue weighted by molar-refractivity contribution is 7.92. The number of fused-ring (bicyclic) bond motifs is 1. The number of carbonyl (C=O) groups is 1. The molecule has 10 heteroatoms. The molecule has 2 heterocycles. The van der Waals surface area contributed by atoms with Crippen LogP contribution in [0.25, 0.3) is 11.0 Å². The molecule has 0 radical (unpaired) electrons. The smallest absolute Gasteiger partial charge is 0.270 e. The zero-order valence-corrected chi connectivity index (χ0v) is 16.9. The van der Waals surface area contributed by atoms with Crippen LogP contribution in [-0.2, 0) is 17.1 Å². The Morgan fingerprint density at radius 2 is 1.89 bits per heavy atom. The molecular formula is C17H22N6O3S. The van der Waals surface area contributed by atoms with Crippen LogP contribution in [0.2, 0.25) is 0 Å². The Labute approximate surface area is 157 Å². The molecule has 0 aliphatic carbocycles. The molecule has 0 spiro atoms. The zero-order chi connectivity index (χ0) is 20.1. The van der Waals surface area contributed by atoms with E-state index in [2.05, 4.69) is 15.4 Å². The number of amides is 1. The van der Waals surface area contributed by atoms with Crippen molar-refractivity contribution >= 4 is 32.7 Å². The summed E-state index contributed by atoms with van der Waals surface area (Å²) in [4.78, 5) is 13.1. The lowest BCUT2D eigenvalue weighted by Gasteiger charge is -2.21. The lowest BCUT2D eigenvalue weighted by molar-refractivity contribution is 0.101. The molecule has 0 bridgehead atoms. The summed E-state index contributed by atoms with van der Waals surface area (Å²) < 4.78 is 29.0. The lowest BCUT2D eigenvalue weighted by Crippen LogP contribution is -2.37. The van der Waals surface area contributed by atoms with Crippen molar-refractivity contribution in [3.8, 4) is 0 Å². The van der Waals surface area contributed by atoms with E-state index < -0.39 is 15.9 Å². The molecule has 0 aliphatic heterocycles. The molecule has 1 aromatic carbocycles. The van der Waals surface area contributed by atoms with Crippen LogP contribution in [-0.4, -0.2) is 45.4 Å². The van der Waals surface area contributed by atoms with Crippen molar-refractivity contribution in [1.82, 2.24) is 24.8 Å². The van der Waals surface area contributed by atoms with E-state index in [1.54, 1.807) is 48.5 Å². The van der Waals surface area contributed by atoms with E-state index in [0.29, 0.717) is 16.9 Å². The first kappa shape index (κ1) is 19.0. The Kier molecular flexibility index (Phi) is 4.54. The van der Waals surface area contributed by atoms with E-state index in [1.165, 1.54) is 0 Å². The summed E-state index contributed by atoms with van der Waals surface area (Å²) in [6.07, 6.45) is 1.00. The number of benzene rings is 1. The van der Waals surface area contributed by atoms with Crippen LogP contribution in [0, 0.1) is 13.8 Å². The van der Waals surface area contributed by atoms with Crippen LogP contribution in [0.3, 0.4) is 0 Å². The van der Waals surface area contributed by atoms with Gasteiger partial charge >= 0.3 is 0 Å². The first-order valence-electron chi connectivity index (χ1n) is 8.42. The van der Waals surface area contributed by atoms with Crippen molar-refractivity contribution in [3.05, 3.63) is 35.2 Å². The third-order valence-electron chi connectivity index (χ3n) is 4.40. The minimum absolute atomic E-state index is 0.116. The van der Waals surface area contributed by atoms with E-state index in [1.807, 2.05) is 13.8 Å². The molecule has 0 aliphatic rings. The molecule has 0 saturated heterocycles. The number of carbonyl (C=O) groups excluding carboxylic acids is 1. The molecule has 3 aromatic rings. The van der Waals surface area contributed by atoms with Gasteiger partial charge < -0.3 is 0 Å². The van der Waals surface area contributed by atoms with E-state index in [-0.39, 0.29) is 17.3 Å². The van der Waals surface area contributed by atoms with Gasteiger partial charge in [-0.05, 0) is 45.9 Å². The Morgan fingerprint density at radius 1 is 1.22 bits per heavy atom. The maximum atomic E-state index is 13.1. The summed E-state index contributed by atoms with van der Waals surface area (Å²) in [6.45, 7) is 7.35. The number of hydrogen-bond acceptors (Lipinski definition) is 6. The fourth-order valence-corrected chi connectivity index (χ4v) is 4.05. The van der Waals surface area contributed by atoms with E-state index in [9.17, 15) is 13.2 Å². The maximum Gasteiger partial charge on any atom is 0.272 e. The normalized spacial score (nSPS) is 12.1. The minimum atomic E-state index is -3.87. The number of aromatic nitrogens is 5. The third kappa shape index (κ3) is 3.20. The monoisotopic (exact) mass is 390 g/mol. The van der Waals surface area contributed by atoms with Crippen molar-refractivity contribution in [2.75, 3.05) is 10.6 Å². The van der Waals surface area contributed by atoms with Gasteiger partial charge in [-0.2, -0.15) is 9.40 Å². The average molecular weight is 390 g/mol. The van der Waals surface area contributed by atoms with Crippen LogP contribution in [0.5, 0.6) is 0 Å². The van der Waals surface area contributed by atoms with Gasteiger partial charge in [0.05, 0.1) is 23.2 Å². The zero-order valence-electron chi connectivity index (χ0n) is 16.1. The fraction of sp³-hybridized carbons (Fsp3) is 0.412. The lowest BCUT2D eigenvalue weighted by atomic mass is 10.1. The van der Waals surface area contributed by atoms with Gasteiger partial charge in [-0.3, -0.25) is 9.48 Å². The summed E-state index contributed by atoms with van der Waals surface area (Å²) in [5, 5.41) is 12.4. The summed E-state index contributed by atoms with van der Waals surface area (Å²) in [7, 11) is -2.17. The number of aryl methyl sites for hydroxylation is 2. The van der Waals surface area contributed by atoms with Gasteiger partial charge in [0.15, 0.2) is 0 Å². The molecule has 27 heavy (non-hydrogen) atoms. The molecule has 0 saturated carbocycles. The molecule has 144 valence electrons. The first-order valence-corrected chi connectivity index (χ1v) is 10.3. The molecule has 9 nitrogen and oxygen atoms in total. The van der Waals surface area contributed by atoms with Gasteiger partial charge in [0.2, 0.25) is 10.0 Å². The molecule has 2 aromatic heterocycles. The molecule has 0 atom stereocenters. The van der Waals surface area contributed by atoms with Gasteiger partial charge in [0.1, 0.15) is 11.2 Å². The summed E-state index contributed by atoms with van der Waals surface area (Å²) in [6, 6.07) is 4.99. The molecule has 0 fully saturated rings. The quantitative estimate of drug-likeness (QED) is 0.675. The summed E-state index contributed by atoms with van der Waals surface area (Å²) >= 11 is 0. The van der Waals surface area contributed by atoms with Crippen molar-refractivity contribution in [1.29, 1.82) is 0 Å². The van der Waals surface area contributed by atoms with Gasteiger partial charge in [-0.25, -0.2) is 13.1 Å². The van der Waals surface area contributed by atoms with Crippen LogP contribution >= 0.6 is 0 Å². The number of anilines is 1. The number of hydrogen-bond donors (Lipinski definition) is 0. The number of nitrogens with zero attached hydrogens (tertiary/aromatic N) is 6. The largest absolute Gasteiger partial charge is 0.272 e. The Hall–Kier alpha value is -2.75. The SMILES string of the molecule is Cc1nn(C)c(C)c1N(C(=O)c1ccc2c(c1)nnn2C(C)C)S(C)(=O)=O. The fourth-order valence-electron chi connectivity index (χ4n) is 3.05. The summed E-state index contributed by atoms with van der Waals surface area (Å²) in [5.74, 6) is -0.655. The predicted molar refractivity (Wildman–Crippen MR) is 102 cm³/mol. The van der Waals surface area contributed by atoms with Gasteiger partial charge in [-0.1, -0.05) is 5.21 Å². The number of rotatable bonds is 4. The van der Waals surface area contributed by atoms with E-state index in [4.69, 9.17) is 0 Å². The number of sulfonamides is 1. The Balaban J connectivity index is 2.14. The van der Waals surface area contributed by atoms with Crippen LogP contribution < -0.4 is 4.31 Å². The van der Waals surface area contributed by atoms with Crippen LogP contribution in [0.1, 0.15) is 41.6 Å². The first-order chi connectivity index (χ1) is 12.5. The second-order valence-corrected chi connectivity index (χ2v) is 8.64. The molecule has 1 amide bonds. The molecule has 0 unspecified atom stereocenters. The Morgan fingerprint density at radius 3 is 2.41 bits per heavy atom. The van der Waals surface area contributed by atoms with Gasteiger partial charge in [0.25, 0.3) is 5.91 Å². The second-order valence-electron chi connectivity index (χ2n) is 6.81. The molecule has 0 N–H and O–H groups in total. The van der Waals surface area contributed by atoms with E-state index >= 15 is 0 Å². The highest BCUT2D eigenvalue weighted by Gasteiger charge is 2.31. The second kappa shape index (κ2) is 6.45. The van der Waals surface area contributed by atoms with Crippen molar-refractivity contribution in [2.24, 2.45) is 7.05 Å².